The Hall–Kier alpha value is -0.610. The molecule has 1 rings (SSSR count). The first-order valence-electron chi connectivity index (χ1n) is 4.43. The highest BCUT2D eigenvalue weighted by molar-refractivity contribution is 7.90. The lowest BCUT2D eigenvalue weighted by Crippen LogP contribution is -2.03. The summed E-state index contributed by atoms with van der Waals surface area (Å²) < 4.78 is 36.0. The number of hydrogen-bond donors (Lipinski definition) is 0. The van der Waals surface area contributed by atoms with Gasteiger partial charge in [0.05, 0.1) is 5.02 Å². The first-order valence-corrected chi connectivity index (χ1v) is 6.70. The molecule has 0 N–H and O–H groups in total. The molecule has 0 amide bonds. The third-order valence-corrected chi connectivity index (χ3v) is 3.60. The standard InChI is InChI=1S/C10H12ClFO2S/c1-6(2)7-4-5-8(15(3,13)14)10(12)9(7)11/h4-6H,1-3H3. The van der Waals surface area contributed by atoms with Crippen LogP contribution in [0.5, 0.6) is 0 Å². The average Bonchev–Trinajstić information content (AvgIpc) is 2.06. The molecule has 0 atom stereocenters. The van der Waals surface area contributed by atoms with E-state index in [2.05, 4.69) is 0 Å². The molecule has 84 valence electrons. The molecule has 0 fully saturated rings. The SMILES string of the molecule is CC(C)c1ccc(S(C)(=O)=O)c(F)c1Cl. The molecule has 0 aliphatic rings. The van der Waals surface area contributed by atoms with Crippen molar-refractivity contribution in [2.45, 2.75) is 24.7 Å². The molecule has 0 heterocycles. The van der Waals surface area contributed by atoms with Gasteiger partial charge < -0.3 is 0 Å². The molecule has 0 unspecified atom stereocenters. The van der Waals surface area contributed by atoms with Crippen molar-refractivity contribution in [2.75, 3.05) is 6.26 Å². The fourth-order valence-electron chi connectivity index (χ4n) is 1.28. The second kappa shape index (κ2) is 4.10. The maximum atomic E-state index is 13.6. The van der Waals surface area contributed by atoms with Crippen molar-refractivity contribution >= 4 is 21.4 Å². The molecule has 0 aliphatic carbocycles. The maximum Gasteiger partial charge on any atom is 0.178 e. The van der Waals surface area contributed by atoms with Gasteiger partial charge in [-0.25, -0.2) is 12.8 Å². The second-order valence-electron chi connectivity index (χ2n) is 3.71. The third-order valence-electron chi connectivity index (χ3n) is 2.10. The Bertz CT molecular complexity index is 480. The van der Waals surface area contributed by atoms with E-state index in [0.29, 0.717) is 5.56 Å². The molecule has 5 heteroatoms. The molecule has 0 aliphatic heterocycles. The summed E-state index contributed by atoms with van der Waals surface area (Å²) in [7, 11) is -3.56. The highest BCUT2D eigenvalue weighted by Gasteiger charge is 2.19. The summed E-state index contributed by atoms with van der Waals surface area (Å²) >= 11 is 5.76. The first-order chi connectivity index (χ1) is 6.75. The lowest BCUT2D eigenvalue weighted by Gasteiger charge is -2.10. The lowest BCUT2D eigenvalue weighted by atomic mass is 10.0. The minimum atomic E-state index is -3.56. The van der Waals surface area contributed by atoms with Gasteiger partial charge in [0.25, 0.3) is 0 Å². The summed E-state index contributed by atoms with van der Waals surface area (Å²) in [6, 6.07) is 2.80. The van der Waals surface area contributed by atoms with Gasteiger partial charge in [0.1, 0.15) is 4.90 Å². The second-order valence-corrected chi connectivity index (χ2v) is 6.07. The van der Waals surface area contributed by atoms with Crippen LogP contribution < -0.4 is 0 Å². The Morgan fingerprint density at radius 1 is 1.33 bits per heavy atom. The molecule has 15 heavy (non-hydrogen) atoms. The Balaban J connectivity index is 3.48. The zero-order valence-electron chi connectivity index (χ0n) is 8.71. The lowest BCUT2D eigenvalue weighted by molar-refractivity contribution is 0.568. The molecule has 1 aromatic rings. The topological polar surface area (TPSA) is 34.1 Å². The summed E-state index contributed by atoms with van der Waals surface area (Å²) in [4.78, 5) is -0.350. The molecule has 1 aromatic carbocycles. The molecular formula is C10H12ClFO2S. The van der Waals surface area contributed by atoms with Crippen molar-refractivity contribution in [1.82, 2.24) is 0 Å². The maximum absolute atomic E-state index is 13.6. The van der Waals surface area contributed by atoms with Crippen molar-refractivity contribution < 1.29 is 12.8 Å². The van der Waals surface area contributed by atoms with Crippen LogP contribution >= 0.6 is 11.6 Å². The van der Waals surface area contributed by atoms with E-state index in [1.807, 2.05) is 13.8 Å². The molecule has 0 aromatic heterocycles. The summed E-state index contributed by atoms with van der Waals surface area (Å²) in [5.74, 6) is -0.800. The molecule has 0 radical (unpaired) electrons. The third kappa shape index (κ3) is 2.49. The summed E-state index contributed by atoms with van der Waals surface area (Å²) in [6.45, 7) is 3.72. The fraction of sp³-hybridized carbons (Fsp3) is 0.400. The van der Waals surface area contributed by atoms with E-state index in [4.69, 9.17) is 11.6 Å². The Morgan fingerprint density at radius 3 is 2.27 bits per heavy atom. The Morgan fingerprint density at radius 2 is 1.87 bits per heavy atom. The highest BCUT2D eigenvalue weighted by Crippen LogP contribution is 2.30. The van der Waals surface area contributed by atoms with Crippen LogP contribution in [0.2, 0.25) is 5.02 Å². The predicted octanol–water partition coefficient (Wildman–Crippen LogP) is 3.01. The zero-order chi connectivity index (χ0) is 11.8. The molecule has 0 saturated heterocycles. The van der Waals surface area contributed by atoms with Crippen molar-refractivity contribution in [3.63, 3.8) is 0 Å². The monoisotopic (exact) mass is 250 g/mol. The van der Waals surface area contributed by atoms with Crippen LogP contribution in [0.4, 0.5) is 4.39 Å². The van der Waals surface area contributed by atoms with Crippen LogP contribution in [0.3, 0.4) is 0 Å². The van der Waals surface area contributed by atoms with Gasteiger partial charge in [0, 0.05) is 6.26 Å². The highest BCUT2D eigenvalue weighted by atomic mass is 35.5. The van der Waals surface area contributed by atoms with Gasteiger partial charge in [-0.05, 0) is 17.5 Å². The minimum Gasteiger partial charge on any atom is -0.224 e. The van der Waals surface area contributed by atoms with Gasteiger partial charge in [-0.1, -0.05) is 31.5 Å². The van der Waals surface area contributed by atoms with Crippen LogP contribution in [0.25, 0.3) is 0 Å². The number of halogens is 2. The van der Waals surface area contributed by atoms with Gasteiger partial charge in [0.15, 0.2) is 15.7 Å². The Kier molecular flexibility index (Phi) is 3.41. The normalized spacial score (nSPS) is 12.1. The van der Waals surface area contributed by atoms with Crippen LogP contribution in [0, 0.1) is 5.82 Å². The molecule has 0 bridgehead atoms. The molecule has 2 nitrogen and oxygen atoms in total. The average molecular weight is 251 g/mol. The van der Waals surface area contributed by atoms with Gasteiger partial charge in [-0.15, -0.1) is 0 Å². The van der Waals surface area contributed by atoms with Crippen molar-refractivity contribution in [3.8, 4) is 0 Å². The fourth-order valence-corrected chi connectivity index (χ4v) is 2.46. The van der Waals surface area contributed by atoms with Crippen LogP contribution in [-0.4, -0.2) is 14.7 Å². The van der Waals surface area contributed by atoms with E-state index in [1.165, 1.54) is 6.07 Å². The molecule has 0 spiro atoms. The van der Waals surface area contributed by atoms with Crippen molar-refractivity contribution in [1.29, 1.82) is 0 Å². The zero-order valence-corrected chi connectivity index (χ0v) is 10.3. The van der Waals surface area contributed by atoms with Crippen LogP contribution in [0.1, 0.15) is 25.3 Å². The summed E-state index contributed by atoms with van der Waals surface area (Å²) in [5, 5.41) is -0.104. The quantitative estimate of drug-likeness (QED) is 0.809. The number of benzene rings is 1. The van der Waals surface area contributed by atoms with Gasteiger partial charge >= 0.3 is 0 Å². The van der Waals surface area contributed by atoms with Gasteiger partial charge in [-0.2, -0.15) is 0 Å². The predicted molar refractivity (Wildman–Crippen MR) is 58.6 cm³/mol. The van der Waals surface area contributed by atoms with E-state index >= 15 is 0 Å². The number of hydrogen-bond acceptors (Lipinski definition) is 2. The van der Waals surface area contributed by atoms with E-state index < -0.39 is 15.7 Å². The largest absolute Gasteiger partial charge is 0.224 e. The first kappa shape index (κ1) is 12.5. The molecular weight excluding hydrogens is 239 g/mol. The molecule has 0 saturated carbocycles. The van der Waals surface area contributed by atoms with E-state index in [9.17, 15) is 12.8 Å². The van der Waals surface area contributed by atoms with Gasteiger partial charge in [0.2, 0.25) is 0 Å². The number of sulfone groups is 1. The van der Waals surface area contributed by atoms with Crippen LogP contribution in [0.15, 0.2) is 17.0 Å². The summed E-state index contributed by atoms with van der Waals surface area (Å²) in [6.07, 6.45) is 0.955. The van der Waals surface area contributed by atoms with Crippen LogP contribution in [-0.2, 0) is 9.84 Å². The smallest absolute Gasteiger partial charge is 0.178 e. The Labute approximate surface area is 94.0 Å². The number of rotatable bonds is 2. The van der Waals surface area contributed by atoms with Gasteiger partial charge in [-0.3, -0.25) is 0 Å². The van der Waals surface area contributed by atoms with Crippen molar-refractivity contribution in [2.24, 2.45) is 0 Å². The van der Waals surface area contributed by atoms with E-state index in [-0.39, 0.29) is 15.8 Å². The van der Waals surface area contributed by atoms with E-state index in [1.54, 1.807) is 6.07 Å². The van der Waals surface area contributed by atoms with E-state index in [0.717, 1.165) is 6.26 Å². The minimum absolute atomic E-state index is 0.0561. The summed E-state index contributed by atoms with van der Waals surface area (Å²) in [5.41, 5.74) is 0.613. The van der Waals surface area contributed by atoms with Crippen molar-refractivity contribution in [3.05, 3.63) is 28.5 Å².